The number of nitrogens with zero attached hydrogens (tertiary/aromatic N) is 1. The fourth-order valence-corrected chi connectivity index (χ4v) is 2.91. The maximum atomic E-state index is 13.8. The predicted molar refractivity (Wildman–Crippen MR) is 71.2 cm³/mol. The molecule has 1 saturated carbocycles. The van der Waals surface area contributed by atoms with Gasteiger partial charge in [0.25, 0.3) is 0 Å². The minimum Gasteiger partial charge on any atom is -0.297 e. The third-order valence-corrected chi connectivity index (χ3v) is 4.18. The Bertz CT molecular complexity index is 576. The van der Waals surface area contributed by atoms with Gasteiger partial charge < -0.3 is 0 Å². The van der Waals surface area contributed by atoms with Gasteiger partial charge in [0.15, 0.2) is 5.78 Å². The summed E-state index contributed by atoms with van der Waals surface area (Å²) in [5.41, 5.74) is -1.29. The van der Waals surface area contributed by atoms with Crippen LogP contribution in [0.4, 0.5) is 4.39 Å². The highest BCUT2D eigenvalue weighted by molar-refractivity contribution is 6.30. The highest BCUT2D eigenvalue weighted by Crippen LogP contribution is 2.47. The first-order chi connectivity index (χ1) is 8.81. The summed E-state index contributed by atoms with van der Waals surface area (Å²) in [5.74, 6) is -0.515. The Morgan fingerprint density at radius 3 is 2.63 bits per heavy atom. The van der Waals surface area contributed by atoms with Crippen LogP contribution >= 0.6 is 11.6 Å². The number of hydrogen-bond acceptors (Lipinski definition) is 2. The van der Waals surface area contributed by atoms with Gasteiger partial charge in [-0.05, 0) is 36.6 Å². The number of hydrogen-bond donors (Lipinski definition) is 0. The van der Waals surface area contributed by atoms with Crippen molar-refractivity contribution in [1.82, 2.24) is 0 Å². The fourth-order valence-electron chi connectivity index (χ4n) is 2.72. The molecule has 1 aromatic carbocycles. The van der Waals surface area contributed by atoms with E-state index in [2.05, 4.69) is 6.07 Å². The molecule has 2 rings (SSSR count). The largest absolute Gasteiger partial charge is 0.297 e. The van der Waals surface area contributed by atoms with E-state index in [0.29, 0.717) is 23.4 Å². The van der Waals surface area contributed by atoms with Crippen LogP contribution < -0.4 is 0 Å². The second-order valence-electron chi connectivity index (χ2n) is 5.82. The Morgan fingerprint density at radius 2 is 2.11 bits per heavy atom. The van der Waals surface area contributed by atoms with Crippen molar-refractivity contribution in [3.05, 3.63) is 34.6 Å². The zero-order valence-electron chi connectivity index (χ0n) is 11.0. The molecule has 1 atom stereocenters. The number of carbonyl (C=O) groups is 1. The molecule has 1 unspecified atom stereocenters. The molecule has 0 aromatic heterocycles. The van der Waals surface area contributed by atoms with Crippen molar-refractivity contribution in [2.45, 2.75) is 33.1 Å². The minimum atomic E-state index is -1.12. The summed E-state index contributed by atoms with van der Waals surface area (Å²) in [5, 5.41) is 9.83. The number of ketones is 1. The lowest BCUT2D eigenvalue weighted by molar-refractivity contribution is -0.130. The first kappa shape index (κ1) is 14.0. The molecule has 0 saturated heterocycles. The van der Waals surface area contributed by atoms with E-state index in [4.69, 9.17) is 11.6 Å². The van der Waals surface area contributed by atoms with E-state index in [1.54, 1.807) is 0 Å². The molecule has 4 heteroatoms. The molecule has 19 heavy (non-hydrogen) atoms. The van der Waals surface area contributed by atoms with Crippen molar-refractivity contribution in [3.63, 3.8) is 0 Å². The van der Waals surface area contributed by atoms with Crippen LogP contribution in [-0.2, 0) is 11.2 Å². The summed E-state index contributed by atoms with van der Waals surface area (Å²) in [7, 11) is 0. The third kappa shape index (κ3) is 2.37. The third-order valence-electron chi connectivity index (χ3n) is 3.94. The SMILES string of the molecule is CC1(C)CCC(C#N)(Cc2cc(Cl)ccc2F)C1=O. The van der Waals surface area contributed by atoms with Crippen molar-refractivity contribution < 1.29 is 9.18 Å². The standard InChI is InChI=1S/C15H15ClFNO/c1-14(2)5-6-15(9-18,13(14)19)8-10-7-11(16)3-4-12(10)17/h3-4,7H,5-6,8H2,1-2H3. The summed E-state index contributed by atoms with van der Waals surface area (Å²) < 4.78 is 13.8. The number of Topliss-reactive ketones (excluding diaryl/α,β-unsaturated/α-hetero) is 1. The first-order valence-corrected chi connectivity index (χ1v) is 6.59. The number of nitriles is 1. The Kier molecular flexibility index (Phi) is 3.40. The van der Waals surface area contributed by atoms with Gasteiger partial charge >= 0.3 is 0 Å². The Labute approximate surface area is 117 Å². The Morgan fingerprint density at radius 1 is 1.42 bits per heavy atom. The molecule has 0 aliphatic heterocycles. The highest BCUT2D eigenvalue weighted by Gasteiger charge is 2.52. The lowest BCUT2D eigenvalue weighted by Gasteiger charge is -2.22. The summed E-state index contributed by atoms with van der Waals surface area (Å²) in [4.78, 5) is 12.4. The molecule has 0 amide bonds. The van der Waals surface area contributed by atoms with E-state index in [1.165, 1.54) is 18.2 Å². The molecular weight excluding hydrogens is 265 g/mol. The van der Waals surface area contributed by atoms with Gasteiger partial charge in [0, 0.05) is 16.9 Å². The van der Waals surface area contributed by atoms with Crippen molar-refractivity contribution in [1.29, 1.82) is 5.26 Å². The van der Waals surface area contributed by atoms with Crippen LogP contribution in [0.3, 0.4) is 0 Å². The molecule has 0 heterocycles. The van der Waals surface area contributed by atoms with E-state index < -0.39 is 16.6 Å². The maximum absolute atomic E-state index is 13.8. The average molecular weight is 280 g/mol. The van der Waals surface area contributed by atoms with Gasteiger partial charge in [-0.25, -0.2) is 4.39 Å². The zero-order chi connectivity index (χ0) is 14.3. The van der Waals surface area contributed by atoms with Gasteiger partial charge in [-0.2, -0.15) is 5.26 Å². The van der Waals surface area contributed by atoms with E-state index in [9.17, 15) is 14.4 Å². The molecule has 0 N–H and O–H groups in total. The number of benzene rings is 1. The maximum Gasteiger partial charge on any atom is 0.158 e. The molecular formula is C15H15ClFNO. The van der Waals surface area contributed by atoms with Crippen LogP contribution in [-0.4, -0.2) is 5.78 Å². The second-order valence-corrected chi connectivity index (χ2v) is 6.26. The molecule has 0 radical (unpaired) electrons. The smallest absolute Gasteiger partial charge is 0.158 e. The lowest BCUT2D eigenvalue weighted by atomic mass is 9.77. The molecule has 100 valence electrons. The molecule has 0 bridgehead atoms. The topological polar surface area (TPSA) is 40.9 Å². The second kappa shape index (κ2) is 4.61. The summed E-state index contributed by atoms with van der Waals surface area (Å²) in [6.45, 7) is 3.67. The quantitative estimate of drug-likeness (QED) is 0.823. The van der Waals surface area contributed by atoms with Crippen LogP contribution in [0.15, 0.2) is 18.2 Å². The van der Waals surface area contributed by atoms with Crippen LogP contribution in [0.2, 0.25) is 5.02 Å². The zero-order valence-corrected chi connectivity index (χ0v) is 11.7. The van der Waals surface area contributed by atoms with Gasteiger partial charge in [-0.3, -0.25) is 4.79 Å². The normalized spacial score (nSPS) is 25.3. The van der Waals surface area contributed by atoms with Crippen LogP contribution in [0, 0.1) is 28.0 Å². The number of halogens is 2. The van der Waals surface area contributed by atoms with Crippen LogP contribution in [0.25, 0.3) is 0 Å². The molecule has 2 nitrogen and oxygen atoms in total. The highest BCUT2D eigenvalue weighted by atomic mass is 35.5. The van der Waals surface area contributed by atoms with Crippen molar-refractivity contribution >= 4 is 17.4 Å². The number of carbonyl (C=O) groups excluding carboxylic acids is 1. The molecule has 1 fully saturated rings. The lowest BCUT2D eigenvalue weighted by Crippen LogP contribution is -2.33. The van der Waals surface area contributed by atoms with Crippen molar-refractivity contribution in [2.24, 2.45) is 10.8 Å². The van der Waals surface area contributed by atoms with Crippen molar-refractivity contribution in [2.75, 3.05) is 0 Å². The van der Waals surface area contributed by atoms with E-state index in [0.717, 1.165) is 0 Å². The summed E-state index contributed by atoms with van der Waals surface area (Å²) in [6, 6.07) is 6.34. The van der Waals surface area contributed by atoms with E-state index in [1.807, 2.05) is 13.8 Å². The fraction of sp³-hybridized carbons (Fsp3) is 0.467. The van der Waals surface area contributed by atoms with Gasteiger partial charge in [0.1, 0.15) is 11.2 Å². The predicted octanol–water partition coefficient (Wildman–Crippen LogP) is 3.92. The molecule has 1 aliphatic rings. The number of rotatable bonds is 2. The Hall–Kier alpha value is -1.40. The van der Waals surface area contributed by atoms with E-state index in [-0.39, 0.29) is 12.2 Å². The average Bonchev–Trinajstić information content (AvgIpc) is 2.59. The van der Waals surface area contributed by atoms with Gasteiger partial charge in [-0.15, -0.1) is 0 Å². The van der Waals surface area contributed by atoms with Crippen molar-refractivity contribution in [3.8, 4) is 6.07 Å². The summed E-state index contributed by atoms with van der Waals surface area (Å²) >= 11 is 5.85. The molecule has 1 aliphatic carbocycles. The summed E-state index contributed by atoms with van der Waals surface area (Å²) in [6.07, 6.45) is 1.22. The van der Waals surface area contributed by atoms with Crippen LogP contribution in [0.1, 0.15) is 32.3 Å². The Balaban J connectivity index is 2.38. The molecule has 1 aromatic rings. The van der Waals surface area contributed by atoms with E-state index >= 15 is 0 Å². The van der Waals surface area contributed by atoms with Crippen LogP contribution in [0.5, 0.6) is 0 Å². The first-order valence-electron chi connectivity index (χ1n) is 6.21. The van der Waals surface area contributed by atoms with Gasteiger partial charge in [-0.1, -0.05) is 25.4 Å². The van der Waals surface area contributed by atoms with Gasteiger partial charge in [0.2, 0.25) is 0 Å². The monoisotopic (exact) mass is 279 g/mol. The van der Waals surface area contributed by atoms with Gasteiger partial charge in [0.05, 0.1) is 6.07 Å². The molecule has 0 spiro atoms. The minimum absolute atomic E-state index is 0.0954.